The lowest BCUT2D eigenvalue weighted by Gasteiger charge is -2.01. The lowest BCUT2D eigenvalue weighted by molar-refractivity contribution is 1.17. The molecule has 13 heavy (non-hydrogen) atoms. The third kappa shape index (κ3) is 1.36. The average Bonchev–Trinajstić information content (AvgIpc) is 2.62. The van der Waals surface area contributed by atoms with Crippen LogP contribution in [0.5, 0.6) is 0 Å². The molecule has 0 bridgehead atoms. The first kappa shape index (κ1) is 8.07. The van der Waals surface area contributed by atoms with Crippen LogP contribution in [-0.2, 0) is 0 Å². The fourth-order valence-electron chi connectivity index (χ4n) is 1.05. The highest BCUT2D eigenvalue weighted by Crippen LogP contribution is 2.26. The zero-order valence-electron chi connectivity index (χ0n) is 6.66. The minimum absolute atomic E-state index is 0.293. The number of nitrogens with two attached hydrogens (primary N) is 1. The van der Waals surface area contributed by atoms with Crippen LogP contribution in [0.4, 0.5) is 5.82 Å². The minimum Gasteiger partial charge on any atom is -0.382 e. The van der Waals surface area contributed by atoms with Crippen molar-refractivity contribution in [2.75, 3.05) is 5.73 Å². The standard InChI is InChI=1S/C8H7ClN4/c9-6-7(5-2-1-3-11-5)12-4-13-8(6)10/h1-4,11H,(H2,10,12,13). The Morgan fingerprint density at radius 1 is 1.38 bits per heavy atom. The van der Waals surface area contributed by atoms with Crippen LogP contribution in [0, 0.1) is 0 Å². The first-order chi connectivity index (χ1) is 6.29. The fraction of sp³-hybridized carbons (Fsp3) is 0. The number of aromatic nitrogens is 3. The van der Waals surface area contributed by atoms with Gasteiger partial charge in [-0.25, -0.2) is 9.97 Å². The van der Waals surface area contributed by atoms with Crippen molar-refractivity contribution in [1.29, 1.82) is 0 Å². The average molecular weight is 195 g/mol. The predicted octanol–water partition coefficient (Wildman–Crippen LogP) is 1.71. The first-order valence-electron chi connectivity index (χ1n) is 3.69. The van der Waals surface area contributed by atoms with Gasteiger partial charge in [-0.15, -0.1) is 0 Å². The topological polar surface area (TPSA) is 67.6 Å². The van der Waals surface area contributed by atoms with Crippen molar-refractivity contribution >= 4 is 17.4 Å². The maximum Gasteiger partial charge on any atom is 0.146 e. The molecular weight excluding hydrogens is 188 g/mol. The number of nitrogens with zero attached hydrogens (tertiary/aromatic N) is 2. The summed E-state index contributed by atoms with van der Waals surface area (Å²) < 4.78 is 0. The number of nitrogen functional groups attached to an aromatic ring is 1. The predicted molar refractivity (Wildman–Crippen MR) is 51.2 cm³/mol. The zero-order chi connectivity index (χ0) is 9.26. The summed E-state index contributed by atoms with van der Waals surface area (Å²) in [7, 11) is 0. The second-order valence-electron chi connectivity index (χ2n) is 2.51. The second kappa shape index (κ2) is 3.06. The summed E-state index contributed by atoms with van der Waals surface area (Å²) in [5.74, 6) is 0.293. The number of anilines is 1. The Labute approximate surface area is 79.8 Å². The summed E-state index contributed by atoms with van der Waals surface area (Å²) >= 11 is 5.91. The van der Waals surface area contributed by atoms with Gasteiger partial charge in [0.15, 0.2) is 0 Å². The van der Waals surface area contributed by atoms with Gasteiger partial charge in [0.1, 0.15) is 22.9 Å². The van der Waals surface area contributed by atoms with Gasteiger partial charge in [-0.2, -0.15) is 0 Å². The van der Waals surface area contributed by atoms with Gasteiger partial charge in [0.05, 0.1) is 5.69 Å². The molecule has 0 saturated carbocycles. The number of nitrogens with one attached hydrogen (secondary N) is 1. The van der Waals surface area contributed by atoms with Crippen molar-refractivity contribution in [3.05, 3.63) is 29.7 Å². The Morgan fingerprint density at radius 3 is 2.92 bits per heavy atom. The number of H-pyrrole nitrogens is 1. The molecule has 2 aromatic heterocycles. The maximum absolute atomic E-state index is 5.91. The zero-order valence-corrected chi connectivity index (χ0v) is 7.42. The normalized spacial score (nSPS) is 10.2. The molecule has 4 nitrogen and oxygen atoms in total. The van der Waals surface area contributed by atoms with Gasteiger partial charge in [0.25, 0.3) is 0 Å². The molecule has 3 N–H and O–H groups in total. The maximum atomic E-state index is 5.91. The third-order valence-electron chi connectivity index (χ3n) is 1.67. The molecule has 0 atom stereocenters. The van der Waals surface area contributed by atoms with Gasteiger partial charge in [-0.1, -0.05) is 11.6 Å². The van der Waals surface area contributed by atoms with Crippen LogP contribution in [0.3, 0.4) is 0 Å². The highest BCUT2D eigenvalue weighted by Gasteiger charge is 2.08. The van der Waals surface area contributed by atoms with E-state index in [1.165, 1.54) is 6.33 Å². The summed E-state index contributed by atoms with van der Waals surface area (Å²) in [6, 6.07) is 3.73. The van der Waals surface area contributed by atoms with E-state index < -0.39 is 0 Å². The van der Waals surface area contributed by atoms with E-state index in [9.17, 15) is 0 Å². The molecule has 2 aromatic rings. The number of hydrogen-bond acceptors (Lipinski definition) is 3. The Morgan fingerprint density at radius 2 is 2.23 bits per heavy atom. The molecule has 0 aliphatic heterocycles. The minimum atomic E-state index is 0.293. The van der Waals surface area contributed by atoms with Crippen molar-refractivity contribution in [1.82, 2.24) is 15.0 Å². The van der Waals surface area contributed by atoms with Gasteiger partial charge in [-0.05, 0) is 12.1 Å². The van der Waals surface area contributed by atoms with E-state index in [0.29, 0.717) is 16.5 Å². The Bertz CT molecular complexity index is 410. The van der Waals surface area contributed by atoms with Crippen molar-refractivity contribution in [2.45, 2.75) is 0 Å². The van der Waals surface area contributed by atoms with Crippen LogP contribution in [0.15, 0.2) is 24.7 Å². The monoisotopic (exact) mass is 194 g/mol. The van der Waals surface area contributed by atoms with Gasteiger partial charge in [-0.3, -0.25) is 0 Å². The van der Waals surface area contributed by atoms with Crippen LogP contribution >= 0.6 is 11.6 Å². The third-order valence-corrected chi connectivity index (χ3v) is 2.04. The van der Waals surface area contributed by atoms with E-state index in [4.69, 9.17) is 17.3 Å². The van der Waals surface area contributed by atoms with E-state index in [-0.39, 0.29) is 0 Å². The quantitative estimate of drug-likeness (QED) is 0.726. The summed E-state index contributed by atoms with van der Waals surface area (Å²) in [6.07, 6.45) is 3.18. The molecule has 0 radical (unpaired) electrons. The van der Waals surface area contributed by atoms with Crippen LogP contribution in [-0.4, -0.2) is 15.0 Å². The number of rotatable bonds is 1. The second-order valence-corrected chi connectivity index (χ2v) is 2.88. The fourth-order valence-corrected chi connectivity index (χ4v) is 1.25. The van der Waals surface area contributed by atoms with E-state index in [2.05, 4.69) is 15.0 Å². The molecule has 0 amide bonds. The highest BCUT2D eigenvalue weighted by molar-refractivity contribution is 6.35. The molecule has 0 aromatic carbocycles. The van der Waals surface area contributed by atoms with Crippen molar-refractivity contribution in [2.24, 2.45) is 0 Å². The summed E-state index contributed by atoms with van der Waals surface area (Å²) in [5.41, 5.74) is 6.99. The van der Waals surface area contributed by atoms with Crippen LogP contribution in [0.25, 0.3) is 11.4 Å². The SMILES string of the molecule is Nc1ncnc(-c2ccc[nH]2)c1Cl. The van der Waals surface area contributed by atoms with Crippen molar-refractivity contribution < 1.29 is 0 Å². The van der Waals surface area contributed by atoms with E-state index >= 15 is 0 Å². The van der Waals surface area contributed by atoms with Gasteiger partial charge < -0.3 is 10.7 Å². The number of hydrogen-bond donors (Lipinski definition) is 2. The Kier molecular flexibility index (Phi) is 1.90. The molecule has 0 saturated heterocycles. The van der Waals surface area contributed by atoms with Crippen LogP contribution in [0.2, 0.25) is 5.02 Å². The summed E-state index contributed by atoms with van der Waals surface area (Å²) in [4.78, 5) is 10.8. The molecule has 0 unspecified atom stereocenters. The van der Waals surface area contributed by atoms with E-state index in [0.717, 1.165) is 5.69 Å². The van der Waals surface area contributed by atoms with Crippen LogP contribution < -0.4 is 5.73 Å². The molecule has 0 aliphatic carbocycles. The summed E-state index contributed by atoms with van der Waals surface area (Å²) in [5, 5.41) is 0.380. The molecule has 0 spiro atoms. The molecule has 2 rings (SSSR count). The highest BCUT2D eigenvalue weighted by atomic mass is 35.5. The van der Waals surface area contributed by atoms with Crippen molar-refractivity contribution in [3.63, 3.8) is 0 Å². The smallest absolute Gasteiger partial charge is 0.146 e. The molecule has 66 valence electrons. The van der Waals surface area contributed by atoms with Gasteiger partial charge >= 0.3 is 0 Å². The number of halogens is 1. The van der Waals surface area contributed by atoms with Gasteiger partial charge in [0.2, 0.25) is 0 Å². The lowest BCUT2D eigenvalue weighted by atomic mass is 10.3. The van der Waals surface area contributed by atoms with Gasteiger partial charge in [0, 0.05) is 6.20 Å². The molecule has 0 fully saturated rings. The van der Waals surface area contributed by atoms with Crippen molar-refractivity contribution in [3.8, 4) is 11.4 Å². The Hall–Kier alpha value is -1.55. The molecular formula is C8H7ClN4. The molecule has 2 heterocycles. The first-order valence-corrected chi connectivity index (χ1v) is 4.06. The summed E-state index contributed by atoms with van der Waals surface area (Å²) in [6.45, 7) is 0. The lowest BCUT2D eigenvalue weighted by Crippen LogP contribution is -1.95. The largest absolute Gasteiger partial charge is 0.382 e. The van der Waals surface area contributed by atoms with E-state index in [1.54, 1.807) is 6.20 Å². The van der Waals surface area contributed by atoms with Crippen LogP contribution in [0.1, 0.15) is 0 Å². The Balaban J connectivity index is 2.59. The molecule has 5 heteroatoms. The number of aromatic amines is 1. The van der Waals surface area contributed by atoms with E-state index in [1.807, 2.05) is 12.1 Å². The molecule has 0 aliphatic rings.